The molecule has 0 radical (unpaired) electrons. The largest absolute Gasteiger partial charge is 0.482 e. The standard InChI is InChI=1S/C25H27FN2O3/c1-18-3-4-19(2)20(13-18)16-31-25-17-30-23(14-24(25)29)15-27-9-11-28(12-10-27)22-7-5-21(26)6-8-22/h3-8,13-14,17H,9-12,15-16H2,1-2H3/p+1. The van der Waals surface area contributed by atoms with Crippen molar-refractivity contribution < 1.29 is 18.4 Å². The van der Waals surface area contributed by atoms with Crippen LogP contribution in [0.3, 0.4) is 0 Å². The predicted octanol–water partition coefficient (Wildman–Crippen LogP) is 2.88. The number of piperazine rings is 1. The van der Waals surface area contributed by atoms with Crippen molar-refractivity contribution in [3.8, 4) is 5.75 Å². The first-order chi connectivity index (χ1) is 15.0. The Morgan fingerprint density at radius 2 is 1.81 bits per heavy atom. The Balaban J connectivity index is 1.32. The van der Waals surface area contributed by atoms with E-state index in [1.54, 1.807) is 0 Å². The van der Waals surface area contributed by atoms with Gasteiger partial charge in [-0.15, -0.1) is 0 Å². The second-order valence-electron chi connectivity index (χ2n) is 8.18. The van der Waals surface area contributed by atoms with Gasteiger partial charge >= 0.3 is 0 Å². The summed E-state index contributed by atoms with van der Waals surface area (Å²) in [6.45, 7) is 8.66. The summed E-state index contributed by atoms with van der Waals surface area (Å²) < 4.78 is 24.6. The van der Waals surface area contributed by atoms with Crippen molar-refractivity contribution in [3.63, 3.8) is 0 Å². The second-order valence-corrected chi connectivity index (χ2v) is 8.18. The van der Waals surface area contributed by atoms with Crippen molar-refractivity contribution in [2.24, 2.45) is 0 Å². The molecule has 162 valence electrons. The number of nitrogens with one attached hydrogen (secondary N) is 1. The number of aryl methyl sites for hydroxylation is 2. The number of anilines is 1. The molecule has 1 aliphatic rings. The smallest absolute Gasteiger partial charge is 0.227 e. The van der Waals surface area contributed by atoms with E-state index in [0.29, 0.717) is 18.9 Å². The number of quaternary nitrogens is 1. The molecule has 31 heavy (non-hydrogen) atoms. The highest BCUT2D eigenvalue weighted by Gasteiger charge is 2.21. The number of rotatable bonds is 6. The van der Waals surface area contributed by atoms with Crippen LogP contribution in [0.1, 0.15) is 22.5 Å². The van der Waals surface area contributed by atoms with Gasteiger partial charge in [0.05, 0.1) is 26.2 Å². The van der Waals surface area contributed by atoms with Gasteiger partial charge in [0.15, 0.2) is 5.76 Å². The molecule has 0 saturated carbocycles. The molecule has 1 aromatic heterocycles. The van der Waals surface area contributed by atoms with Gasteiger partial charge in [0.25, 0.3) is 0 Å². The number of benzene rings is 2. The van der Waals surface area contributed by atoms with Gasteiger partial charge in [-0.3, -0.25) is 4.79 Å². The van der Waals surface area contributed by atoms with Gasteiger partial charge < -0.3 is 19.0 Å². The van der Waals surface area contributed by atoms with Crippen LogP contribution >= 0.6 is 0 Å². The summed E-state index contributed by atoms with van der Waals surface area (Å²) in [5.74, 6) is 0.680. The zero-order valence-electron chi connectivity index (χ0n) is 18.0. The van der Waals surface area contributed by atoms with Crippen molar-refractivity contribution >= 4 is 5.69 Å². The van der Waals surface area contributed by atoms with Crippen LogP contribution < -0.4 is 20.0 Å². The number of hydrogen-bond donors (Lipinski definition) is 1. The molecule has 1 saturated heterocycles. The maximum atomic E-state index is 13.1. The minimum atomic E-state index is -0.218. The zero-order chi connectivity index (χ0) is 21.8. The molecule has 6 heteroatoms. The molecule has 0 atom stereocenters. The number of hydrogen-bond acceptors (Lipinski definition) is 4. The minimum absolute atomic E-state index is 0.157. The highest BCUT2D eigenvalue weighted by atomic mass is 19.1. The molecule has 3 aromatic rings. The molecular formula is C25H28FN2O3+. The summed E-state index contributed by atoms with van der Waals surface area (Å²) in [6.07, 6.45) is 1.43. The molecule has 2 aromatic carbocycles. The third-order valence-corrected chi connectivity index (χ3v) is 5.83. The topological polar surface area (TPSA) is 47.1 Å². The molecule has 0 amide bonds. The van der Waals surface area contributed by atoms with Gasteiger partial charge in [0.2, 0.25) is 11.2 Å². The van der Waals surface area contributed by atoms with Gasteiger partial charge in [-0.1, -0.05) is 23.8 Å². The average Bonchev–Trinajstić information content (AvgIpc) is 2.76. The van der Waals surface area contributed by atoms with E-state index in [4.69, 9.17) is 9.15 Å². The molecule has 2 heterocycles. The van der Waals surface area contributed by atoms with Gasteiger partial charge in [0, 0.05) is 11.8 Å². The van der Waals surface area contributed by atoms with Crippen LogP contribution in [0.4, 0.5) is 10.1 Å². The maximum absolute atomic E-state index is 13.1. The Bertz CT molecular complexity index is 1090. The Kier molecular flexibility index (Phi) is 6.37. The predicted molar refractivity (Wildman–Crippen MR) is 118 cm³/mol. The van der Waals surface area contributed by atoms with E-state index in [1.807, 2.05) is 26.0 Å². The summed E-state index contributed by atoms with van der Waals surface area (Å²) in [5, 5.41) is 0. The first-order valence-corrected chi connectivity index (χ1v) is 10.6. The lowest BCUT2D eigenvalue weighted by atomic mass is 10.1. The van der Waals surface area contributed by atoms with Crippen molar-refractivity contribution in [3.05, 3.63) is 93.3 Å². The number of nitrogens with zero attached hydrogens (tertiary/aromatic N) is 1. The van der Waals surface area contributed by atoms with E-state index in [-0.39, 0.29) is 17.0 Å². The molecule has 0 bridgehead atoms. The zero-order valence-corrected chi connectivity index (χ0v) is 18.0. The lowest BCUT2D eigenvalue weighted by Crippen LogP contribution is -3.13. The van der Waals surface area contributed by atoms with Gasteiger partial charge in [-0.25, -0.2) is 4.39 Å². The van der Waals surface area contributed by atoms with Crippen molar-refractivity contribution in [2.45, 2.75) is 27.0 Å². The Morgan fingerprint density at radius 3 is 2.52 bits per heavy atom. The summed E-state index contributed by atoms with van der Waals surface area (Å²) >= 11 is 0. The van der Waals surface area contributed by atoms with E-state index in [2.05, 4.69) is 23.1 Å². The van der Waals surface area contributed by atoms with Crippen LogP contribution in [0.2, 0.25) is 0 Å². The third-order valence-electron chi connectivity index (χ3n) is 5.83. The first kappa shape index (κ1) is 21.1. The molecule has 0 unspecified atom stereocenters. The van der Waals surface area contributed by atoms with Gasteiger partial charge in [0.1, 0.15) is 25.2 Å². The molecule has 1 aliphatic heterocycles. The monoisotopic (exact) mass is 423 g/mol. The average molecular weight is 424 g/mol. The summed E-state index contributed by atoms with van der Waals surface area (Å²) in [4.78, 5) is 16.1. The molecule has 1 N–H and O–H groups in total. The molecule has 4 rings (SSSR count). The lowest BCUT2D eigenvalue weighted by molar-refractivity contribution is -0.915. The third kappa shape index (κ3) is 5.33. The SMILES string of the molecule is Cc1ccc(C)c(COc2coc(C[NH+]3CCN(c4ccc(F)cc4)CC3)cc2=O)c1. The van der Waals surface area contributed by atoms with E-state index in [9.17, 15) is 9.18 Å². The number of ether oxygens (including phenoxy) is 1. The van der Waals surface area contributed by atoms with Crippen molar-refractivity contribution in [2.75, 3.05) is 31.1 Å². The second kappa shape index (κ2) is 9.35. The van der Waals surface area contributed by atoms with Crippen LogP contribution in [0.5, 0.6) is 5.75 Å². The Labute approximate surface area is 181 Å². The minimum Gasteiger partial charge on any atom is -0.482 e. The highest BCUT2D eigenvalue weighted by Crippen LogP contribution is 2.15. The first-order valence-electron chi connectivity index (χ1n) is 10.6. The normalized spacial score (nSPS) is 14.6. The summed E-state index contributed by atoms with van der Waals surface area (Å²) in [6, 6.07) is 14.3. The van der Waals surface area contributed by atoms with Gasteiger partial charge in [-0.2, -0.15) is 0 Å². The van der Waals surface area contributed by atoms with E-state index >= 15 is 0 Å². The summed E-state index contributed by atoms with van der Waals surface area (Å²) in [5.41, 5.74) is 4.24. The van der Waals surface area contributed by atoms with Crippen LogP contribution in [-0.2, 0) is 13.2 Å². The fourth-order valence-corrected chi connectivity index (χ4v) is 3.90. The lowest BCUT2D eigenvalue weighted by Gasteiger charge is -2.33. The van der Waals surface area contributed by atoms with Crippen LogP contribution in [0, 0.1) is 19.7 Å². The highest BCUT2D eigenvalue weighted by molar-refractivity contribution is 5.46. The molecule has 0 spiro atoms. The van der Waals surface area contributed by atoms with Crippen LogP contribution in [-0.4, -0.2) is 26.2 Å². The molecule has 5 nitrogen and oxygen atoms in total. The van der Waals surface area contributed by atoms with Crippen molar-refractivity contribution in [1.29, 1.82) is 0 Å². The van der Waals surface area contributed by atoms with Gasteiger partial charge in [-0.05, 0) is 49.2 Å². The number of halogens is 1. The molecular weight excluding hydrogens is 395 g/mol. The fourth-order valence-electron chi connectivity index (χ4n) is 3.90. The van der Waals surface area contributed by atoms with Crippen LogP contribution in [0.25, 0.3) is 0 Å². The van der Waals surface area contributed by atoms with E-state index in [1.165, 1.54) is 29.4 Å². The van der Waals surface area contributed by atoms with Crippen LogP contribution in [0.15, 0.2) is 64.0 Å². The van der Waals surface area contributed by atoms with E-state index < -0.39 is 0 Å². The molecule has 1 fully saturated rings. The van der Waals surface area contributed by atoms with E-state index in [0.717, 1.165) is 48.6 Å². The summed E-state index contributed by atoms with van der Waals surface area (Å²) in [7, 11) is 0. The maximum Gasteiger partial charge on any atom is 0.227 e. The quantitative estimate of drug-likeness (QED) is 0.662. The Hall–Kier alpha value is -3.12. The molecule has 0 aliphatic carbocycles. The fraction of sp³-hybridized carbons (Fsp3) is 0.320. The Morgan fingerprint density at radius 1 is 1.06 bits per heavy atom. The van der Waals surface area contributed by atoms with Crippen molar-refractivity contribution in [1.82, 2.24) is 0 Å².